The molecule has 0 atom stereocenters. The maximum absolute atomic E-state index is 12.5. The Balaban J connectivity index is 1.65. The molecule has 0 fully saturated rings. The summed E-state index contributed by atoms with van der Waals surface area (Å²) in [5.74, 6) is 1.16. The zero-order valence-electron chi connectivity index (χ0n) is 15.5. The minimum atomic E-state index is -0.351. The van der Waals surface area contributed by atoms with Gasteiger partial charge < -0.3 is 20.1 Å². The number of fused-ring (bicyclic) bond motifs is 1. The minimum Gasteiger partial charge on any atom is -0.486 e. The van der Waals surface area contributed by atoms with Crippen LogP contribution < -0.4 is 20.1 Å². The highest BCUT2D eigenvalue weighted by Crippen LogP contribution is 2.32. The number of rotatable bonds is 6. The second-order valence-electron chi connectivity index (χ2n) is 6.71. The van der Waals surface area contributed by atoms with Gasteiger partial charge in [0.2, 0.25) is 0 Å². The van der Waals surface area contributed by atoms with Gasteiger partial charge in [0.1, 0.15) is 13.2 Å². The summed E-state index contributed by atoms with van der Waals surface area (Å²) in [4.78, 5) is 28.7. The van der Waals surface area contributed by atoms with Crippen molar-refractivity contribution in [1.29, 1.82) is 0 Å². The van der Waals surface area contributed by atoms with E-state index in [1.54, 1.807) is 18.2 Å². The second kappa shape index (κ2) is 8.53. The summed E-state index contributed by atoms with van der Waals surface area (Å²) >= 11 is 0. The molecule has 0 radical (unpaired) electrons. The summed E-state index contributed by atoms with van der Waals surface area (Å²) in [5, 5.41) is 5.63. The number of pyridine rings is 1. The first-order valence-electron chi connectivity index (χ1n) is 8.97. The van der Waals surface area contributed by atoms with E-state index in [0.29, 0.717) is 54.0 Å². The molecule has 2 heterocycles. The lowest BCUT2D eigenvalue weighted by atomic mass is 10.1. The van der Waals surface area contributed by atoms with Gasteiger partial charge in [-0.1, -0.05) is 13.8 Å². The summed E-state index contributed by atoms with van der Waals surface area (Å²) in [6.45, 7) is 5.76. The summed E-state index contributed by atoms with van der Waals surface area (Å²) in [5.41, 5.74) is 1.24. The molecule has 7 nitrogen and oxygen atoms in total. The van der Waals surface area contributed by atoms with Crippen molar-refractivity contribution >= 4 is 17.5 Å². The van der Waals surface area contributed by atoms with Crippen LogP contribution in [0.4, 0.5) is 5.69 Å². The molecule has 2 amide bonds. The quantitative estimate of drug-likeness (QED) is 0.817. The topological polar surface area (TPSA) is 89.6 Å². The van der Waals surface area contributed by atoms with Gasteiger partial charge in [0.25, 0.3) is 11.8 Å². The molecule has 0 saturated carbocycles. The minimum absolute atomic E-state index is 0.239. The molecule has 1 aliphatic heterocycles. The van der Waals surface area contributed by atoms with Gasteiger partial charge in [0.15, 0.2) is 11.5 Å². The normalized spacial score (nSPS) is 12.6. The molecule has 1 aromatic heterocycles. The zero-order valence-corrected chi connectivity index (χ0v) is 15.5. The predicted molar refractivity (Wildman–Crippen MR) is 101 cm³/mol. The average molecular weight is 369 g/mol. The highest BCUT2D eigenvalue weighted by Gasteiger charge is 2.15. The Kier molecular flexibility index (Phi) is 5.90. The lowest BCUT2D eigenvalue weighted by Crippen LogP contribution is -2.26. The number of carbonyl (C=O) groups is 2. The molecule has 27 heavy (non-hydrogen) atoms. The Hall–Kier alpha value is -3.09. The molecular weight excluding hydrogens is 346 g/mol. The number of amides is 2. The van der Waals surface area contributed by atoms with Crippen LogP contribution in [0.5, 0.6) is 11.5 Å². The zero-order chi connectivity index (χ0) is 19.2. The van der Waals surface area contributed by atoms with Crippen LogP contribution >= 0.6 is 0 Å². The standard InChI is InChI=1S/C20H23N3O4/c1-13(2)5-6-22-19(24)14-9-15(12-21-11-14)20(25)23-16-3-4-17-18(10-16)27-8-7-26-17/h3-4,9-13H,5-8H2,1-2H3,(H,22,24)(H,23,25). The lowest BCUT2D eigenvalue weighted by molar-refractivity contribution is 0.0951. The van der Waals surface area contributed by atoms with Crippen molar-refractivity contribution in [3.05, 3.63) is 47.8 Å². The van der Waals surface area contributed by atoms with Gasteiger partial charge in [-0.2, -0.15) is 0 Å². The van der Waals surface area contributed by atoms with Crippen molar-refractivity contribution in [3.63, 3.8) is 0 Å². The molecule has 2 aromatic rings. The van der Waals surface area contributed by atoms with Crippen LogP contribution in [0.3, 0.4) is 0 Å². The molecule has 7 heteroatoms. The predicted octanol–water partition coefficient (Wildman–Crippen LogP) is 2.88. The number of hydrogen-bond acceptors (Lipinski definition) is 5. The maximum Gasteiger partial charge on any atom is 0.257 e. The van der Waals surface area contributed by atoms with Crippen LogP contribution in [-0.4, -0.2) is 36.6 Å². The van der Waals surface area contributed by atoms with E-state index in [9.17, 15) is 9.59 Å². The first-order valence-corrected chi connectivity index (χ1v) is 8.97. The molecule has 0 aliphatic carbocycles. The van der Waals surface area contributed by atoms with Crippen molar-refractivity contribution in [2.24, 2.45) is 5.92 Å². The van der Waals surface area contributed by atoms with E-state index < -0.39 is 0 Å². The number of hydrogen-bond donors (Lipinski definition) is 2. The van der Waals surface area contributed by atoms with Crippen LogP contribution in [0.15, 0.2) is 36.7 Å². The Bertz CT molecular complexity index is 836. The summed E-state index contributed by atoms with van der Waals surface area (Å²) < 4.78 is 11.0. The number of nitrogens with one attached hydrogen (secondary N) is 2. The summed E-state index contributed by atoms with van der Waals surface area (Å²) in [7, 11) is 0. The van der Waals surface area contributed by atoms with Crippen LogP contribution in [0.2, 0.25) is 0 Å². The number of benzene rings is 1. The average Bonchev–Trinajstić information content (AvgIpc) is 2.67. The molecule has 0 bridgehead atoms. The number of nitrogens with zero attached hydrogens (tertiary/aromatic N) is 1. The maximum atomic E-state index is 12.5. The van der Waals surface area contributed by atoms with Gasteiger partial charge in [-0.05, 0) is 30.5 Å². The van der Waals surface area contributed by atoms with Crippen molar-refractivity contribution in [3.8, 4) is 11.5 Å². The van der Waals surface area contributed by atoms with Gasteiger partial charge >= 0.3 is 0 Å². The third kappa shape index (κ3) is 4.97. The highest BCUT2D eigenvalue weighted by atomic mass is 16.6. The van der Waals surface area contributed by atoms with E-state index in [1.807, 2.05) is 0 Å². The van der Waals surface area contributed by atoms with Crippen molar-refractivity contribution in [1.82, 2.24) is 10.3 Å². The Labute approximate surface area is 158 Å². The van der Waals surface area contributed by atoms with Crippen molar-refractivity contribution in [2.75, 3.05) is 25.1 Å². The molecule has 142 valence electrons. The molecule has 0 spiro atoms. The Morgan fingerprint density at radius 3 is 2.48 bits per heavy atom. The van der Waals surface area contributed by atoms with Gasteiger partial charge in [0, 0.05) is 30.7 Å². The largest absolute Gasteiger partial charge is 0.486 e. The van der Waals surface area contributed by atoms with Crippen molar-refractivity contribution < 1.29 is 19.1 Å². The van der Waals surface area contributed by atoms with E-state index in [0.717, 1.165) is 6.42 Å². The van der Waals surface area contributed by atoms with E-state index in [1.165, 1.54) is 18.5 Å². The molecular formula is C20H23N3O4. The molecule has 0 unspecified atom stereocenters. The smallest absolute Gasteiger partial charge is 0.257 e. The Morgan fingerprint density at radius 2 is 1.74 bits per heavy atom. The van der Waals surface area contributed by atoms with Gasteiger partial charge in [-0.25, -0.2) is 0 Å². The number of ether oxygens (including phenoxy) is 2. The van der Waals surface area contributed by atoms with Gasteiger partial charge in [-0.3, -0.25) is 14.6 Å². The van der Waals surface area contributed by atoms with E-state index in [-0.39, 0.29) is 11.8 Å². The molecule has 1 aromatic carbocycles. The van der Waals surface area contributed by atoms with Crippen LogP contribution in [0.1, 0.15) is 41.0 Å². The SMILES string of the molecule is CC(C)CCNC(=O)c1cncc(C(=O)Nc2ccc3c(c2)OCCO3)c1. The third-order valence-corrected chi connectivity index (χ3v) is 4.07. The van der Waals surface area contributed by atoms with Gasteiger partial charge in [-0.15, -0.1) is 0 Å². The molecule has 1 aliphatic rings. The summed E-state index contributed by atoms with van der Waals surface area (Å²) in [6.07, 6.45) is 3.77. The van der Waals surface area contributed by atoms with Crippen LogP contribution in [0.25, 0.3) is 0 Å². The van der Waals surface area contributed by atoms with Gasteiger partial charge in [0.05, 0.1) is 11.1 Å². The highest BCUT2D eigenvalue weighted by molar-refractivity contribution is 6.06. The fourth-order valence-electron chi connectivity index (χ4n) is 2.59. The monoisotopic (exact) mass is 369 g/mol. The molecule has 2 N–H and O–H groups in total. The molecule has 3 rings (SSSR count). The van der Waals surface area contributed by atoms with E-state index in [4.69, 9.17) is 9.47 Å². The summed E-state index contributed by atoms with van der Waals surface area (Å²) in [6, 6.07) is 6.73. The first kappa shape index (κ1) is 18.7. The fraction of sp³-hybridized carbons (Fsp3) is 0.350. The van der Waals surface area contributed by atoms with Crippen LogP contribution in [0, 0.1) is 5.92 Å². The van der Waals surface area contributed by atoms with E-state index in [2.05, 4.69) is 29.5 Å². The fourth-order valence-corrected chi connectivity index (χ4v) is 2.59. The lowest BCUT2D eigenvalue weighted by Gasteiger charge is -2.19. The number of carbonyl (C=O) groups excluding carboxylic acids is 2. The number of anilines is 1. The van der Waals surface area contributed by atoms with Crippen LogP contribution in [-0.2, 0) is 0 Å². The Morgan fingerprint density at radius 1 is 1.04 bits per heavy atom. The third-order valence-electron chi connectivity index (χ3n) is 4.07. The molecule has 0 saturated heterocycles. The van der Waals surface area contributed by atoms with E-state index >= 15 is 0 Å². The van der Waals surface area contributed by atoms with Crippen molar-refractivity contribution in [2.45, 2.75) is 20.3 Å². The first-order chi connectivity index (χ1) is 13.0. The second-order valence-corrected chi connectivity index (χ2v) is 6.71. The number of aromatic nitrogens is 1.